The molecule has 1 aromatic heterocycles. The Balaban J connectivity index is 2.29. The largest absolute Gasteiger partial charge is 0.393 e. The number of pyridine rings is 1. The van der Waals surface area contributed by atoms with E-state index in [9.17, 15) is 22.8 Å². The maximum absolute atomic E-state index is 12.8. The van der Waals surface area contributed by atoms with E-state index in [1.54, 1.807) is 13.1 Å². The molecule has 2 heterocycles. The van der Waals surface area contributed by atoms with Crippen molar-refractivity contribution >= 4 is 21.8 Å². The van der Waals surface area contributed by atoms with Crippen molar-refractivity contribution < 1.29 is 18.0 Å². The van der Waals surface area contributed by atoms with Crippen LogP contribution in [0.15, 0.2) is 21.5 Å². The van der Waals surface area contributed by atoms with Gasteiger partial charge in [-0.15, -0.1) is 0 Å². The van der Waals surface area contributed by atoms with Gasteiger partial charge in [-0.25, -0.2) is 0 Å². The van der Waals surface area contributed by atoms with Crippen molar-refractivity contribution in [2.75, 3.05) is 13.1 Å². The summed E-state index contributed by atoms with van der Waals surface area (Å²) in [5, 5.41) is 0. The first-order valence-electron chi connectivity index (χ1n) is 7.00. The quantitative estimate of drug-likeness (QED) is 0.791. The van der Waals surface area contributed by atoms with Crippen LogP contribution in [0.25, 0.3) is 0 Å². The predicted octanol–water partition coefficient (Wildman–Crippen LogP) is 3.05. The summed E-state index contributed by atoms with van der Waals surface area (Å²) in [6, 6.07) is 1.37. The van der Waals surface area contributed by atoms with E-state index in [2.05, 4.69) is 15.9 Å². The minimum Gasteiger partial charge on any atom is -0.338 e. The molecule has 0 aliphatic carbocycles. The summed E-state index contributed by atoms with van der Waals surface area (Å²) in [7, 11) is 0. The lowest BCUT2D eigenvalue weighted by molar-refractivity contribution is -0.184. The minimum atomic E-state index is -4.32. The van der Waals surface area contributed by atoms with Crippen LogP contribution in [0.5, 0.6) is 0 Å². The number of carbonyl (C=O) groups excluding carboxylic acids is 1. The summed E-state index contributed by atoms with van der Waals surface area (Å²) in [5.74, 6) is -2.16. The lowest BCUT2D eigenvalue weighted by atomic mass is 9.97. The van der Waals surface area contributed by atoms with Crippen molar-refractivity contribution in [1.82, 2.24) is 9.47 Å². The summed E-state index contributed by atoms with van der Waals surface area (Å²) in [4.78, 5) is 25.8. The summed E-state index contributed by atoms with van der Waals surface area (Å²) >= 11 is 3.21. The molecular formula is C14H16BrF3N2O2. The molecule has 22 heavy (non-hydrogen) atoms. The first-order valence-corrected chi connectivity index (χ1v) is 7.79. The van der Waals surface area contributed by atoms with Gasteiger partial charge in [-0.2, -0.15) is 13.2 Å². The maximum atomic E-state index is 12.8. The molecule has 2 rings (SSSR count). The second kappa shape index (κ2) is 6.44. The third-order valence-electron chi connectivity index (χ3n) is 3.80. The number of aromatic nitrogens is 1. The zero-order chi connectivity index (χ0) is 16.5. The number of alkyl halides is 3. The van der Waals surface area contributed by atoms with Crippen molar-refractivity contribution in [3.05, 3.63) is 32.7 Å². The van der Waals surface area contributed by atoms with E-state index in [1.165, 1.54) is 10.6 Å². The molecule has 1 aliphatic rings. The Bertz CT molecular complexity index is 627. The van der Waals surface area contributed by atoms with E-state index in [0.29, 0.717) is 11.0 Å². The molecule has 1 atom stereocenters. The van der Waals surface area contributed by atoms with Gasteiger partial charge in [0.15, 0.2) is 0 Å². The van der Waals surface area contributed by atoms with Crippen LogP contribution in [0.1, 0.15) is 30.1 Å². The van der Waals surface area contributed by atoms with E-state index in [4.69, 9.17) is 0 Å². The number of likely N-dealkylation sites (tertiary alicyclic amines) is 1. The normalized spacial score (nSPS) is 19.3. The molecule has 0 bridgehead atoms. The average Bonchev–Trinajstić information content (AvgIpc) is 2.47. The van der Waals surface area contributed by atoms with E-state index in [-0.39, 0.29) is 31.5 Å². The highest BCUT2D eigenvalue weighted by molar-refractivity contribution is 9.10. The first-order chi connectivity index (χ1) is 10.2. The lowest BCUT2D eigenvalue weighted by Gasteiger charge is -2.33. The van der Waals surface area contributed by atoms with Crippen molar-refractivity contribution in [3.8, 4) is 0 Å². The van der Waals surface area contributed by atoms with Crippen molar-refractivity contribution in [2.24, 2.45) is 5.92 Å². The minimum absolute atomic E-state index is 0.0188. The van der Waals surface area contributed by atoms with E-state index >= 15 is 0 Å². The number of hydrogen-bond donors (Lipinski definition) is 0. The number of aryl methyl sites for hydroxylation is 1. The van der Waals surface area contributed by atoms with E-state index < -0.39 is 23.6 Å². The number of rotatable bonds is 2. The van der Waals surface area contributed by atoms with Crippen molar-refractivity contribution in [1.29, 1.82) is 0 Å². The summed E-state index contributed by atoms with van der Waals surface area (Å²) in [6.07, 6.45) is -2.47. The monoisotopic (exact) mass is 380 g/mol. The van der Waals surface area contributed by atoms with E-state index in [0.717, 1.165) is 4.90 Å². The topological polar surface area (TPSA) is 42.3 Å². The van der Waals surface area contributed by atoms with Gasteiger partial charge in [0.1, 0.15) is 5.56 Å². The van der Waals surface area contributed by atoms with Crippen LogP contribution in [0.3, 0.4) is 0 Å². The van der Waals surface area contributed by atoms with Gasteiger partial charge < -0.3 is 9.47 Å². The molecule has 1 aliphatic heterocycles. The molecule has 8 heteroatoms. The highest BCUT2D eigenvalue weighted by Crippen LogP contribution is 2.33. The highest BCUT2D eigenvalue weighted by atomic mass is 79.9. The Kier molecular flexibility index (Phi) is 4.99. The van der Waals surface area contributed by atoms with Crippen LogP contribution >= 0.6 is 15.9 Å². The molecule has 0 N–H and O–H groups in total. The predicted molar refractivity (Wildman–Crippen MR) is 78.8 cm³/mol. The van der Waals surface area contributed by atoms with Crippen LogP contribution in [0.4, 0.5) is 13.2 Å². The molecule has 122 valence electrons. The summed E-state index contributed by atoms with van der Waals surface area (Å²) < 4.78 is 40.4. The zero-order valence-corrected chi connectivity index (χ0v) is 13.6. The van der Waals surface area contributed by atoms with Crippen LogP contribution in [0.2, 0.25) is 0 Å². The van der Waals surface area contributed by atoms with Gasteiger partial charge >= 0.3 is 6.18 Å². The first kappa shape index (κ1) is 17.1. The summed E-state index contributed by atoms with van der Waals surface area (Å²) in [5.41, 5.74) is -0.580. The van der Waals surface area contributed by atoms with Gasteiger partial charge in [-0.05, 0) is 41.8 Å². The Morgan fingerprint density at radius 1 is 1.45 bits per heavy atom. The molecule has 0 saturated carbocycles. The van der Waals surface area contributed by atoms with Crippen molar-refractivity contribution in [2.45, 2.75) is 32.5 Å². The zero-order valence-electron chi connectivity index (χ0n) is 12.0. The number of amides is 1. The second-order valence-corrected chi connectivity index (χ2v) is 6.21. The number of nitrogens with zero attached hydrogens (tertiary/aromatic N) is 2. The fraction of sp³-hybridized carbons (Fsp3) is 0.571. The second-order valence-electron chi connectivity index (χ2n) is 5.30. The van der Waals surface area contributed by atoms with Crippen molar-refractivity contribution in [3.63, 3.8) is 0 Å². The Hall–Kier alpha value is -1.31. The Labute approximate surface area is 134 Å². The highest BCUT2D eigenvalue weighted by Gasteiger charge is 2.43. The third kappa shape index (κ3) is 3.53. The summed E-state index contributed by atoms with van der Waals surface area (Å²) in [6.45, 7) is 1.98. The van der Waals surface area contributed by atoms with Crippen LogP contribution < -0.4 is 5.56 Å². The van der Waals surface area contributed by atoms with Gasteiger partial charge in [0, 0.05) is 30.3 Å². The molecule has 0 aromatic carbocycles. The van der Waals surface area contributed by atoms with E-state index in [1.807, 2.05) is 0 Å². The molecule has 4 nitrogen and oxygen atoms in total. The number of piperidine rings is 1. The Morgan fingerprint density at radius 3 is 2.73 bits per heavy atom. The average molecular weight is 381 g/mol. The van der Waals surface area contributed by atoms with Gasteiger partial charge in [0.05, 0.1) is 5.92 Å². The Morgan fingerprint density at radius 2 is 2.14 bits per heavy atom. The van der Waals surface area contributed by atoms with Gasteiger partial charge in [0.25, 0.3) is 11.5 Å². The van der Waals surface area contributed by atoms with Gasteiger partial charge in [-0.1, -0.05) is 0 Å². The molecule has 1 fully saturated rings. The molecule has 1 unspecified atom stereocenters. The number of hydrogen-bond acceptors (Lipinski definition) is 2. The standard InChI is InChI=1S/C14H16BrF3N2O2/c1-2-19-8-10(15)6-11(12(19)21)13(22)20-5-3-4-9(7-20)14(16,17)18/h6,8-9H,2-5,7H2,1H3. The molecule has 0 spiro atoms. The lowest BCUT2D eigenvalue weighted by Crippen LogP contribution is -2.46. The third-order valence-corrected chi connectivity index (χ3v) is 4.23. The maximum Gasteiger partial charge on any atom is 0.393 e. The van der Waals surface area contributed by atoms with Gasteiger partial charge in [0.2, 0.25) is 0 Å². The molecular weight excluding hydrogens is 365 g/mol. The molecule has 1 amide bonds. The smallest absolute Gasteiger partial charge is 0.338 e. The van der Waals surface area contributed by atoms with Crippen LogP contribution in [0, 0.1) is 5.92 Å². The SMILES string of the molecule is CCn1cc(Br)cc(C(=O)N2CCCC(C(F)(F)F)C2)c1=O. The molecule has 1 aromatic rings. The van der Waals surface area contributed by atoms with Crippen LogP contribution in [-0.4, -0.2) is 34.6 Å². The molecule has 1 saturated heterocycles. The molecule has 0 radical (unpaired) electrons. The van der Waals surface area contributed by atoms with Gasteiger partial charge in [-0.3, -0.25) is 9.59 Å². The number of carbonyl (C=O) groups is 1. The fourth-order valence-electron chi connectivity index (χ4n) is 2.59. The van der Waals surface area contributed by atoms with Crippen LogP contribution in [-0.2, 0) is 6.54 Å². The fourth-order valence-corrected chi connectivity index (χ4v) is 3.06. The number of halogens is 4.